The Balaban J connectivity index is 2.59. The molecule has 0 atom stereocenters. The standard InChI is InChI=1S/C14H24N4O/c1-10(2)18(4)8-7-16-14(19)12-6-5-11(3)9-13(12)17-15/h5-6,9-10,17H,7-8,15H2,1-4H3,(H,16,19). The van der Waals surface area contributed by atoms with E-state index in [1.165, 1.54) is 0 Å². The smallest absolute Gasteiger partial charge is 0.253 e. The van der Waals surface area contributed by atoms with Gasteiger partial charge in [-0.1, -0.05) is 6.07 Å². The minimum Gasteiger partial charge on any atom is -0.351 e. The zero-order valence-electron chi connectivity index (χ0n) is 12.2. The molecule has 4 N–H and O–H groups in total. The normalized spacial score (nSPS) is 10.9. The number of anilines is 1. The molecule has 1 amide bonds. The predicted molar refractivity (Wildman–Crippen MR) is 79.1 cm³/mol. The molecule has 0 unspecified atom stereocenters. The van der Waals surface area contributed by atoms with Gasteiger partial charge in [-0.25, -0.2) is 0 Å². The van der Waals surface area contributed by atoms with Crippen molar-refractivity contribution < 1.29 is 4.79 Å². The zero-order valence-corrected chi connectivity index (χ0v) is 12.2. The SMILES string of the molecule is Cc1ccc(C(=O)NCCN(C)C(C)C)c(NN)c1. The van der Waals surface area contributed by atoms with E-state index in [9.17, 15) is 4.79 Å². The van der Waals surface area contributed by atoms with Crippen LogP contribution < -0.4 is 16.6 Å². The molecule has 0 aliphatic rings. The highest BCUT2D eigenvalue weighted by Gasteiger charge is 2.11. The number of nitrogens with zero attached hydrogens (tertiary/aromatic N) is 1. The number of benzene rings is 1. The van der Waals surface area contributed by atoms with E-state index in [4.69, 9.17) is 5.84 Å². The molecule has 0 aliphatic heterocycles. The molecular formula is C14H24N4O. The summed E-state index contributed by atoms with van der Waals surface area (Å²) in [6.07, 6.45) is 0. The van der Waals surface area contributed by atoms with Gasteiger partial charge in [0, 0.05) is 19.1 Å². The Hall–Kier alpha value is -1.59. The van der Waals surface area contributed by atoms with Crippen molar-refractivity contribution >= 4 is 11.6 Å². The third-order valence-electron chi connectivity index (χ3n) is 3.21. The molecule has 0 aliphatic carbocycles. The lowest BCUT2D eigenvalue weighted by molar-refractivity contribution is 0.0949. The topological polar surface area (TPSA) is 70.4 Å². The van der Waals surface area contributed by atoms with E-state index in [-0.39, 0.29) is 5.91 Å². The Morgan fingerprint density at radius 2 is 2.11 bits per heavy atom. The molecule has 0 saturated heterocycles. The van der Waals surface area contributed by atoms with E-state index in [0.717, 1.165) is 12.1 Å². The highest BCUT2D eigenvalue weighted by Crippen LogP contribution is 2.16. The number of carbonyl (C=O) groups is 1. The predicted octanol–water partition coefficient (Wildman–Crippen LogP) is 1.35. The number of hydrazine groups is 1. The van der Waals surface area contributed by atoms with Crippen LogP contribution in [-0.2, 0) is 0 Å². The van der Waals surface area contributed by atoms with Crippen molar-refractivity contribution in [3.63, 3.8) is 0 Å². The molecule has 0 saturated carbocycles. The van der Waals surface area contributed by atoms with Gasteiger partial charge in [0.1, 0.15) is 0 Å². The number of amides is 1. The molecule has 0 bridgehead atoms. The minimum atomic E-state index is -0.106. The number of likely N-dealkylation sites (N-methyl/N-ethyl adjacent to an activating group) is 1. The first-order chi connectivity index (χ1) is 8.95. The molecule has 5 heteroatoms. The molecule has 0 heterocycles. The van der Waals surface area contributed by atoms with Gasteiger partial charge < -0.3 is 15.6 Å². The van der Waals surface area contributed by atoms with Crippen LogP contribution in [0.1, 0.15) is 29.8 Å². The minimum absolute atomic E-state index is 0.106. The van der Waals surface area contributed by atoms with Crippen LogP contribution in [0.4, 0.5) is 5.69 Å². The van der Waals surface area contributed by atoms with Crippen LogP contribution in [0.2, 0.25) is 0 Å². The fourth-order valence-electron chi connectivity index (χ4n) is 1.67. The van der Waals surface area contributed by atoms with Crippen LogP contribution in [0, 0.1) is 6.92 Å². The first-order valence-electron chi connectivity index (χ1n) is 6.51. The number of aryl methyl sites for hydroxylation is 1. The third kappa shape index (κ3) is 4.54. The summed E-state index contributed by atoms with van der Waals surface area (Å²) in [5.74, 6) is 5.33. The number of rotatable bonds is 6. The van der Waals surface area contributed by atoms with Gasteiger partial charge in [0.05, 0.1) is 11.3 Å². The summed E-state index contributed by atoms with van der Waals surface area (Å²) in [5, 5.41) is 2.90. The first-order valence-corrected chi connectivity index (χ1v) is 6.51. The number of hydrogen-bond donors (Lipinski definition) is 3. The summed E-state index contributed by atoms with van der Waals surface area (Å²) in [4.78, 5) is 14.2. The number of nitrogens with one attached hydrogen (secondary N) is 2. The maximum Gasteiger partial charge on any atom is 0.253 e. The number of hydrogen-bond acceptors (Lipinski definition) is 4. The van der Waals surface area contributed by atoms with E-state index in [1.54, 1.807) is 6.07 Å². The van der Waals surface area contributed by atoms with Crippen molar-refractivity contribution in [3.8, 4) is 0 Å². The molecule has 0 aromatic heterocycles. The highest BCUT2D eigenvalue weighted by atomic mass is 16.1. The van der Waals surface area contributed by atoms with Crippen molar-refractivity contribution in [2.24, 2.45) is 5.84 Å². The van der Waals surface area contributed by atoms with Crippen molar-refractivity contribution in [2.75, 3.05) is 25.6 Å². The Morgan fingerprint density at radius 3 is 2.68 bits per heavy atom. The molecule has 5 nitrogen and oxygen atoms in total. The molecule has 0 spiro atoms. The Morgan fingerprint density at radius 1 is 1.42 bits per heavy atom. The second kappa shape index (κ2) is 7.11. The zero-order chi connectivity index (χ0) is 14.4. The van der Waals surface area contributed by atoms with Crippen molar-refractivity contribution in [1.29, 1.82) is 0 Å². The van der Waals surface area contributed by atoms with Crippen LogP contribution in [-0.4, -0.2) is 37.0 Å². The maximum absolute atomic E-state index is 12.1. The second-order valence-electron chi connectivity index (χ2n) is 5.02. The van der Waals surface area contributed by atoms with Gasteiger partial charge in [0.25, 0.3) is 5.91 Å². The molecule has 106 valence electrons. The summed E-state index contributed by atoms with van der Waals surface area (Å²) in [7, 11) is 2.04. The lowest BCUT2D eigenvalue weighted by atomic mass is 10.1. The van der Waals surface area contributed by atoms with Crippen LogP contribution in [0.5, 0.6) is 0 Å². The molecule has 0 fully saturated rings. The molecule has 1 aromatic rings. The van der Waals surface area contributed by atoms with E-state index >= 15 is 0 Å². The van der Waals surface area contributed by atoms with E-state index in [2.05, 4.69) is 29.5 Å². The van der Waals surface area contributed by atoms with Gasteiger partial charge in [-0.05, 0) is 45.5 Å². The Bertz CT molecular complexity index is 431. The molecule has 19 heavy (non-hydrogen) atoms. The van der Waals surface area contributed by atoms with Gasteiger partial charge in [0.15, 0.2) is 0 Å². The van der Waals surface area contributed by atoms with Crippen molar-refractivity contribution in [1.82, 2.24) is 10.2 Å². The number of nitrogen functional groups attached to an aromatic ring is 1. The molecule has 0 radical (unpaired) electrons. The summed E-state index contributed by atoms with van der Waals surface area (Å²) in [6, 6.07) is 6.01. The summed E-state index contributed by atoms with van der Waals surface area (Å²) in [6.45, 7) is 7.64. The largest absolute Gasteiger partial charge is 0.351 e. The maximum atomic E-state index is 12.1. The second-order valence-corrected chi connectivity index (χ2v) is 5.02. The average Bonchev–Trinajstić information content (AvgIpc) is 2.37. The van der Waals surface area contributed by atoms with E-state index in [1.807, 2.05) is 26.1 Å². The van der Waals surface area contributed by atoms with Gasteiger partial charge in [-0.2, -0.15) is 0 Å². The van der Waals surface area contributed by atoms with Crippen molar-refractivity contribution in [2.45, 2.75) is 26.8 Å². The molecule has 1 rings (SSSR count). The summed E-state index contributed by atoms with van der Waals surface area (Å²) < 4.78 is 0. The van der Waals surface area contributed by atoms with Gasteiger partial charge in [-0.15, -0.1) is 0 Å². The quantitative estimate of drug-likeness (QED) is 0.536. The van der Waals surface area contributed by atoms with Crippen LogP contribution >= 0.6 is 0 Å². The fraction of sp³-hybridized carbons (Fsp3) is 0.500. The van der Waals surface area contributed by atoms with Gasteiger partial charge in [0.2, 0.25) is 0 Å². The number of carbonyl (C=O) groups excluding carboxylic acids is 1. The highest BCUT2D eigenvalue weighted by molar-refractivity contribution is 5.99. The summed E-state index contributed by atoms with van der Waals surface area (Å²) >= 11 is 0. The van der Waals surface area contributed by atoms with Crippen LogP contribution in [0.25, 0.3) is 0 Å². The average molecular weight is 264 g/mol. The van der Waals surface area contributed by atoms with Crippen LogP contribution in [0.15, 0.2) is 18.2 Å². The first kappa shape index (κ1) is 15.5. The third-order valence-corrected chi connectivity index (χ3v) is 3.21. The molecule has 1 aromatic carbocycles. The monoisotopic (exact) mass is 264 g/mol. The lowest BCUT2D eigenvalue weighted by Crippen LogP contribution is -2.36. The number of nitrogens with two attached hydrogens (primary N) is 1. The molecular weight excluding hydrogens is 240 g/mol. The van der Waals surface area contributed by atoms with Crippen molar-refractivity contribution in [3.05, 3.63) is 29.3 Å². The fourth-order valence-corrected chi connectivity index (χ4v) is 1.67. The van der Waals surface area contributed by atoms with Crippen LogP contribution in [0.3, 0.4) is 0 Å². The van der Waals surface area contributed by atoms with Gasteiger partial charge >= 0.3 is 0 Å². The van der Waals surface area contributed by atoms with Gasteiger partial charge in [-0.3, -0.25) is 10.6 Å². The van der Waals surface area contributed by atoms with E-state index in [0.29, 0.717) is 23.8 Å². The lowest BCUT2D eigenvalue weighted by Gasteiger charge is -2.21. The summed E-state index contributed by atoms with van der Waals surface area (Å²) in [5.41, 5.74) is 4.84. The Labute approximate surface area is 115 Å². The van der Waals surface area contributed by atoms with E-state index < -0.39 is 0 Å². The Kier molecular flexibility index (Phi) is 5.79.